The van der Waals surface area contributed by atoms with Gasteiger partial charge in [-0.15, -0.1) is 0 Å². The number of benzene rings is 3. The molecule has 2 aliphatic rings. The third-order valence-corrected chi connectivity index (χ3v) is 8.66. The molecule has 10 heteroatoms. The van der Waals surface area contributed by atoms with Crippen molar-refractivity contribution >= 4 is 28.4 Å². The van der Waals surface area contributed by atoms with E-state index in [1.807, 2.05) is 74.2 Å². The van der Waals surface area contributed by atoms with Crippen molar-refractivity contribution in [1.29, 1.82) is 0 Å². The fourth-order valence-corrected chi connectivity index (χ4v) is 6.19. The summed E-state index contributed by atoms with van der Waals surface area (Å²) in [5, 5.41) is 14.0. The predicted octanol–water partition coefficient (Wildman–Crippen LogP) is 4.44. The van der Waals surface area contributed by atoms with E-state index in [4.69, 9.17) is 14.2 Å². The van der Waals surface area contributed by atoms with Gasteiger partial charge in [0, 0.05) is 55.4 Å². The molecule has 0 spiro atoms. The lowest BCUT2D eigenvalue weighted by Crippen LogP contribution is -2.49. The Labute approximate surface area is 263 Å². The number of likely N-dealkylation sites (N-methyl/N-ethyl adjacent to an activating group) is 1. The van der Waals surface area contributed by atoms with Crippen LogP contribution in [0, 0.1) is 5.92 Å². The van der Waals surface area contributed by atoms with Gasteiger partial charge in [-0.1, -0.05) is 31.2 Å². The van der Waals surface area contributed by atoms with Crippen LogP contribution >= 0.6 is 0 Å². The number of carbonyl (C=O) groups excluding carboxylic acids is 2. The molecule has 0 aliphatic carbocycles. The maximum Gasteiger partial charge on any atom is 0.258 e. The Morgan fingerprint density at radius 1 is 1.09 bits per heavy atom. The topological polar surface area (TPSA) is 106 Å². The average Bonchev–Trinajstić information content (AvgIpc) is 3.62. The van der Waals surface area contributed by atoms with Gasteiger partial charge in [-0.2, -0.15) is 0 Å². The number of hydrogen-bond acceptors (Lipinski definition) is 7. The van der Waals surface area contributed by atoms with Crippen LogP contribution in [0.15, 0.2) is 66.9 Å². The Morgan fingerprint density at radius 2 is 1.87 bits per heavy atom. The summed E-state index contributed by atoms with van der Waals surface area (Å²) in [7, 11) is 4.00. The molecule has 0 bridgehead atoms. The largest absolute Gasteiger partial charge is 0.488 e. The summed E-state index contributed by atoms with van der Waals surface area (Å²) in [5.74, 6) is 1.52. The number of anilines is 1. The zero-order chi connectivity index (χ0) is 31.7. The lowest BCUT2D eigenvalue weighted by atomic mass is 9.99. The second kappa shape index (κ2) is 12.8. The highest BCUT2D eigenvalue weighted by molar-refractivity contribution is 6.00. The van der Waals surface area contributed by atoms with Gasteiger partial charge < -0.3 is 34.1 Å². The Balaban J connectivity index is 1.21. The summed E-state index contributed by atoms with van der Waals surface area (Å²) in [6.45, 7) is 5.67. The Morgan fingerprint density at radius 3 is 2.69 bits per heavy atom. The molecule has 45 heavy (non-hydrogen) atoms. The van der Waals surface area contributed by atoms with Gasteiger partial charge in [-0.05, 0) is 61.5 Å². The van der Waals surface area contributed by atoms with Crippen LogP contribution in [0.2, 0.25) is 0 Å². The molecule has 3 atom stereocenters. The average molecular weight is 613 g/mol. The first kappa shape index (κ1) is 30.5. The fraction of sp³-hybridized carbons (Fsp3) is 0.371. The molecule has 1 aromatic heterocycles. The second-order valence-electron chi connectivity index (χ2n) is 12.2. The van der Waals surface area contributed by atoms with Gasteiger partial charge in [0.1, 0.15) is 11.9 Å². The van der Waals surface area contributed by atoms with Crippen LogP contribution < -0.4 is 19.5 Å². The molecule has 2 N–H and O–H groups in total. The minimum absolute atomic E-state index is 0.0182. The lowest BCUT2D eigenvalue weighted by molar-refractivity contribution is -0.115. The van der Waals surface area contributed by atoms with Gasteiger partial charge in [0.15, 0.2) is 11.5 Å². The van der Waals surface area contributed by atoms with Gasteiger partial charge in [0.2, 0.25) is 12.7 Å². The van der Waals surface area contributed by atoms with E-state index < -0.39 is 0 Å². The smallest absolute Gasteiger partial charge is 0.258 e. The molecule has 0 saturated carbocycles. The maximum atomic E-state index is 13.9. The third kappa shape index (κ3) is 6.48. The van der Waals surface area contributed by atoms with Gasteiger partial charge in [-0.25, -0.2) is 0 Å². The van der Waals surface area contributed by atoms with E-state index in [0.29, 0.717) is 36.6 Å². The molecular formula is C35H40N4O6. The highest BCUT2D eigenvalue weighted by atomic mass is 16.7. The zero-order valence-corrected chi connectivity index (χ0v) is 26.2. The molecule has 10 nitrogen and oxygen atoms in total. The van der Waals surface area contributed by atoms with Crippen molar-refractivity contribution < 1.29 is 28.9 Å². The number of hydrogen-bond donors (Lipinski definition) is 2. The number of aromatic nitrogens is 1. The highest BCUT2D eigenvalue weighted by Gasteiger charge is 2.33. The molecule has 6 rings (SSSR count). The normalized spacial score (nSPS) is 18.4. The predicted molar refractivity (Wildman–Crippen MR) is 172 cm³/mol. The van der Waals surface area contributed by atoms with E-state index in [2.05, 4.69) is 17.1 Å². The van der Waals surface area contributed by atoms with Crippen LogP contribution in [0.5, 0.6) is 17.2 Å². The quantitative estimate of drug-likeness (QED) is 0.288. The molecule has 0 fully saturated rings. The lowest BCUT2D eigenvalue weighted by Gasteiger charge is -2.38. The first-order valence-corrected chi connectivity index (χ1v) is 15.3. The Kier molecular flexibility index (Phi) is 8.69. The third-order valence-electron chi connectivity index (χ3n) is 8.66. The van der Waals surface area contributed by atoms with Crippen LogP contribution in [0.3, 0.4) is 0 Å². The molecule has 2 amide bonds. The monoisotopic (exact) mass is 612 g/mol. The van der Waals surface area contributed by atoms with Crippen molar-refractivity contribution in [3.63, 3.8) is 0 Å². The molecule has 2 aliphatic heterocycles. The first-order valence-electron chi connectivity index (χ1n) is 15.3. The summed E-state index contributed by atoms with van der Waals surface area (Å²) in [6.07, 6.45) is 1.93. The molecule has 0 saturated heterocycles. The second-order valence-corrected chi connectivity index (χ2v) is 12.2. The molecular weight excluding hydrogens is 572 g/mol. The molecule has 4 aromatic rings. The first-order chi connectivity index (χ1) is 21.7. The van der Waals surface area contributed by atoms with Crippen molar-refractivity contribution in [2.45, 2.75) is 39.0 Å². The van der Waals surface area contributed by atoms with E-state index in [1.54, 1.807) is 23.1 Å². The number of aryl methyl sites for hydroxylation is 1. The van der Waals surface area contributed by atoms with Gasteiger partial charge in [0.25, 0.3) is 5.91 Å². The molecule has 236 valence electrons. The number of fused-ring (bicyclic) bond motifs is 3. The van der Waals surface area contributed by atoms with Crippen LogP contribution in [-0.4, -0.2) is 77.0 Å². The van der Waals surface area contributed by atoms with E-state index in [0.717, 1.165) is 33.5 Å². The standard InChI is InChI=1S/C35H40N4O6/c1-22-16-39(23(2)20-40)35(42)28-15-26(36-34(41)14-25-18-38(4)29-8-6-5-7-27(25)29)10-12-30(28)45-33(22)19-37(3)17-24-9-11-31-32(13-24)44-21-43-31/h5-13,15,18,22-23,33,40H,14,16-17,19-21H2,1-4H3,(H,36,41)/t22-,23+,33+/m1/s1. The summed E-state index contributed by atoms with van der Waals surface area (Å²) in [6, 6.07) is 18.8. The number of aliphatic hydroxyl groups excluding tert-OH is 1. The van der Waals surface area contributed by atoms with Crippen molar-refractivity contribution in [2.24, 2.45) is 13.0 Å². The SMILES string of the molecule is C[C@@H]1CN([C@@H](C)CO)C(=O)c2cc(NC(=O)Cc3cn(C)c4ccccc34)ccc2O[C@H]1CN(C)Cc1ccc2c(c1)OCO2. The van der Waals surface area contributed by atoms with E-state index in [9.17, 15) is 14.7 Å². The van der Waals surface area contributed by atoms with Gasteiger partial charge in [0.05, 0.1) is 24.6 Å². The number of aliphatic hydroxyl groups is 1. The number of amides is 2. The van der Waals surface area contributed by atoms with E-state index >= 15 is 0 Å². The molecule has 3 aromatic carbocycles. The fourth-order valence-electron chi connectivity index (χ4n) is 6.19. The van der Waals surface area contributed by atoms with Crippen LogP contribution in [0.4, 0.5) is 5.69 Å². The minimum Gasteiger partial charge on any atom is -0.488 e. The Bertz CT molecular complexity index is 1720. The van der Waals surface area contributed by atoms with Crippen LogP contribution in [0.1, 0.15) is 35.3 Å². The summed E-state index contributed by atoms with van der Waals surface area (Å²) in [4.78, 5) is 30.9. The van der Waals surface area contributed by atoms with Crippen molar-refractivity contribution in [1.82, 2.24) is 14.4 Å². The number of carbonyl (C=O) groups is 2. The van der Waals surface area contributed by atoms with Crippen molar-refractivity contribution in [3.8, 4) is 17.2 Å². The van der Waals surface area contributed by atoms with E-state index in [1.165, 1.54) is 0 Å². The van der Waals surface area contributed by atoms with Crippen LogP contribution in [0.25, 0.3) is 10.9 Å². The molecule has 3 heterocycles. The number of nitrogens with zero attached hydrogens (tertiary/aromatic N) is 3. The summed E-state index contributed by atoms with van der Waals surface area (Å²) < 4.78 is 19.6. The Hall–Kier alpha value is -4.54. The summed E-state index contributed by atoms with van der Waals surface area (Å²) in [5.41, 5.74) is 3.95. The minimum atomic E-state index is -0.387. The highest BCUT2D eigenvalue weighted by Crippen LogP contribution is 2.34. The van der Waals surface area contributed by atoms with Crippen molar-refractivity contribution in [2.75, 3.05) is 38.9 Å². The molecule has 0 radical (unpaired) electrons. The van der Waals surface area contributed by atoms with Gasteiger partial charge >= 0.3 is 0 Å². The number of para-hydroxylation sites is 1. The number of rotatable bonds is 9. The summed E-state index contributed by atoms with van der Waals surface area (Å²) >= 11 is 0. The van der Waals surface area contributed by atoms with Crippen LogP contribution in [-0.2, 0) is 24.8 Å². The number of ether oxygens (including phenoxy) is 3. The number of nitrogens with one attached hydrogen (secondary N) is 1. The maximum absolute atomic E-state index is 13.9. The zero-order valence-electron chi connectivity index (χ0n) is 26.2. The van der Waals surface area contributed by atoms with E-state index in [-0.39, 0.29) is 49.7 Å². The van der Waals surface area contributed by atoms with Crippen molar-refractivity contribution in [3.05, 3.63) is 83.6 Å². The van der Waals surface area contributed by atoms with Gasteiger partial charge in [-0.3, -0.25) is 14.5 Å². The molecule has 0 unspecified atom stereocenters.